The third-order valence-corrected chi connectivity index (χ3v) is 2.80. The van der Waals surface area contributed by atoms with Crippen molar-refractivity contribution in [3.63, 3.8) is 0 Å². The summed E-state index contributed by atoms with van der Waals surface area (Å²) in [5.41, 5.74) is 0.519. The van der Waals surface area contributed by atoms with Gasteiger partial charge in [0.2, 0.25) is 6.10 Å². The third kappa shape index (κ3) is 4.99. The van der Waals surface area contributed by atoms with E-state index in [0.717, 1.165) is 0 Å². The highest BCUT2D eigenvalue weighted by atomic mass is 16.6. The first kappa shape index (κ1) is 16.1. The fourth-order valence-electron chi connectivity index (χ4n) is 1.52. The van der Waals surface area contributed by atoms with E-state index >= 15 is 0 Å². The standard InChI is InChI=1S/C15H21NO4/c1-4-7-13(17)20-14(12-8-6-9-16-10-12)15(18)19-11(3)5-2/h6,8-11,14H,4-5,7H2,1-3H3. The predicted octanol–water partition coefficient (Wildman–Crippen LogP) is 2.81. The molecule has 1 heterocycles. The highest BCUT2D eigenvalue weighted by Gasteiger charge is 2.27. The van der Waals surface area contributed by atoms with Crippen LogP contribution >= 0.6 is 0 Å². The van der Waals surface area contributed by atoms with E-state index in [9.17, 15) is 9.59 Å². The molecule has 0 aliphatic rings. The maximum Gasteiger partial charge on any atom is 0.352 e. The highest BCUT2D eigenvalue weighted by Crippen LogP contribution is 2.20. The lowest BCUT2D eigenvalue weighted by atomic mass is 10.1. The number of pyridine rings is 1. The molecule has 5 heteroatoms. The molecule has 0 aliphatic heterocycles. The van der Waals surface area contributed by atoms with Crippen molar-refractivity contribution < 1.29 is 19.1 Å². The second kappa shape index (κ2) is 8.30. The number of hydrogen-bond donors (Lipinski definition) is 0. The van der Waals surface area contributed by atoms with E-state index < -0.39 is 18.0 Å². The number of esters is 2. The van der Waals surface area contributed by atoms with Crippen LogP contribution in [0.15, 0.2) is 24.5 Å². The summed E-state index contributed by atoms with van der Waals surface area (Å²) in [6.07, 6.45) is 3.47. The van der Waals surface area contributed by atoms with Gasteiger partial charge in [0, 0.05) is 24.4 Å². The maximum absolute atomic E-state index is 12.1. The Labute approximate surface area is 119 Å². The van der Waals surface area contributed by atoms with Gasteiger partial charge in [0.15, 0.2) is 0 Å². The van der Waals surface area contributed by atoms with Crippen LogP contribution in [0.4, 0.5) is 0 Å². The molecule has 0 bridgehead atoms. The lowest BCUT2D eigenvalue weighted by molar-refractivity contribution is -0.171. The number of ether oxygens (including phenoxy) is 2. The van der Waals surface area contributed by atoms with Crippen LogP contribution in [-0.4, -0.2) is 23.0 Å². The van der Waals surface area contributed by atoms with E-state index in [0.29, 0.717) is 18.4 Å². The Morgan fingerprint density at radius 2 is 2.05 bits per heavy atom. The fraction of sp³-hybridized carbons (Fsp3) is 0.533. The van der Waals surface area contributed by atoms with Gasteiger partial charge >= 0.3 is 11.9 Å². The van der Waals surface area contributed by atoms with Gasteiger partial charge in [-0.1, -0.05) is 19.9 Å². The fourth-order valence-corrected chi connectivity index (χ4v) is 1.52. The first-order valence-electron chi connectivity index (χ1n) is 6.88. The van der Waals surface area contributed by atoms with E-state index in [1.54, 1.807) is 25.3 Å². The summed E-state index contributed by atoms with van der Waals surface area (Å²) in [5, 5.41) is 0. The van der Waals surface area contributed by atoms with Gasteiger partial charge in [-0.2, -0.15) is 0 Å². The van der Waals surface area contributed by atoms with Crippen molar-refractivity contribution in [1.29, 1.82) is 0 Å². The largest absolute Gasteiger partial charge is 0.460 e. The Bertz CT molecular complexity index is 433. The molecule has 0 aromatic carbocycles. The normalized spacial score (nSPS) is 13.3. The topological polar surface area (TPSA) is 65.5 Å². The van der Waals surface area contributed by atoms with E-state index in [-0.39, 0.29) is 12.5 Å². The minimum atomic E-state index is -1.04. The van der Waals surface area contributed by atoms with E-state index in [2.05, 4.69) is 4.98 Å². The van der Waals surface area contributed by atoms with Crippen LogP contribution in [0.1, 0.15) is 51.7 Å². The number of aromatic nitrogens is 1. The zero-order valence-corrected chi connectivity index (χ0v) is 12.2. The van der Waals surface area contributed by atoms with Gasteiger partial charge in [0.25, 0.3) is 0 Å². The molecular formula is C15H21NO4. The Morgan fingerprint density at radius 1 is 1.30 bits per heavy atom. The molecule has 0 spiro atoms. The highest BCUT2D eigenvalue weighted by molar-refractivity contribution is 5.80. The van der Waals surface area contributed by atoms with Crippen molar-refractivity contribution in [3.05, 3.63) is 30.1 Å². The lowest BCUT2D eigenvalue weighted by Crippen LogP contribution is -2.25. The molecule has 1 aromatic rings. The molecule has 5 nitrogen and oxygen atoms in total. The van der Waals surface area contributed by atoms with Crippen LogP contribution in [0.3, 0.4) is 0 Å². The quantitative estimate of drug-likeness (QED) is 0.718. The molecule has 1 rings (SSSR count). The number of carbonyl (C=O) groups is 2. The summed E-state index contributed by atoms with van der Waals surface area (Å²) >= 11 is 0. The summed E-state index contributed by atoms with van der Waals surface area (Å²) in [6.45, 7) is 5.59. The maximum atomic E-state index is 12.1. The SMILES string of the molecule is CCCC(=O)OC(C(=O)OC(C)CC)c1cccnc1. The van der Waals surface area contributed by atoms with Gasteiger partial charge in [-0.3, -0.25) is 9.78 Å². The minimum Gasteiger partial charge on any atom is -0.460 e. The monoisotopic (exact) mass is 279 g/mol. The minimum absolute atomic E-state index is 0.216. The molecule has 0 radical (unpaired) electrons. The molecule has 0 saturated carbocycles. The van der Waals surface area contributed by atoms with Crippen LogP contribution in [0.5, 0.6) is 0 Å². The van der Waals surface area contributed by atoms with Gasteiger partial charge in [-0.25, -0.2) is 4.79 Å². The van der Waals surface area contributed by atoms with Gasteiger partial charge in [0.1, 0.15) is 0 Å². The first-order chi connectivity index (χ1) is 9.58. The van der Waals surface area contributed by atoms with E-state index in [1.807, 2.05) is 13.8 Å². The Morgan fingerprint density at radius 3 is 2.60 bits per heavy atom. The van der Waals surface area contributed by atoms with E-state index in [1.165, 1.54) is 6.20 Å². The second-order valence-corrected chi connectivity index (χ2v) is 4.56. The molecule has 0 amide bonds. The van der Waals surface area contributed by atoms with Gasteiger partial charge in [-0.05, 0) is 25.8 Å². The molecular weight excluding hydrogens is 258 g/mol. The zero-order valence-electron chi connectivity index (χ0n) is 12.2. The first-order valence-corrected chi connectivity index (χ1v) is 6.88. The summed E-state index contributed by atoms with van der Waals surface area (Å²) < 4.78 is 10.5. The Kier molecular flexibility index (Phi) is 6.70. The summed E-state index contributed by atoms with van der Waals surface area (Å²) in [5.74, 6) is -0.973. The molecule has 0 aliphatic carbocycles. The van der Waals surface area contributed by atoms with Gasteiger partial charge < -0.3 is 9.47 Å². The van der Waals surface area contributed by atoms with Crippen LogP contribution in [0.25, 0.3) is 0 Å². The molecule has 0 N–H and O–H groups in total. The molecule has 1 aromatic heterocycles. The average Bonchev–Trinajstić information content (AvgIpc) is 2.45. The van der Waals surface area contributed by atoms with E-state index in [4.69, 9.17) is 9.47 Å². The van der Waals surface area contributed by atoms with Crippen molar-refractivity contribution in [3.8, 4) is 0 Å². The molecule has 110 valence electrons. The number of hydrogen-bond acceptors (Lipinski definition) is 5. The zero-order chi connectivity index (χ0) is 15.0. The third-order valence-electron chi connectivity index (χ3n) is 2.80. The van der Waals surface area contributed by atoms with Crippen molar-refractivity contribution in [2.24, 2.45) is 0 Å². The molecule has 2 atom stereocenters. The number of carbonyl (C=O) groups excluding carboxylic acids is 2. The number of nitrogens with zero attached hydrogens (tertiary/aromatic N) is 1. The molecule has 0 fully saturated rings. The lowest BCUT2D eigenvalue weighted by Gasteiger charge is -2.19. The van der Waals surface area contributed by atoms with Crippen LogP contribution in [0, 0.1) is 0 Å². The van der Waals surface area contributed by atoms with Crippen LogP contribution in [-0.2, 0) is 19.1 Å². The van der Waals surface area contributed by atoms with Crippen molar-refractivity contribution in [2.45, 2.75) is 52.2 Å². The summed E-state index contributed by atoms with van der Waals surface area (Å²) in [4.78, 5) is 27.7. The van der Waals surface area contributed by atoms with Crippen LogP contribution < -0.4 is 0 Å². The second-order valence-electron chi connectivity index (χ2n) is 4.56. The van der Waals surface area contributed by atoms with Gasteiger partial charge in [-0.15, -0.1) is 0 Å². The van der Waals surface area contributed by atoms with Crippen molar-refractivity contribution in [2.75, 3.05) is 0 Å². The predicted molar refractivity (Wildman–Crippen MR) is 73.8 cm³/mol. The average molecular weight is 279 g/mol. The van der Waals surface area contributed by atoms with Gasteiger partial charge in [0.05, 0.1) is 6.10 Å². The molecule has 0 saturated heterocycles. The molecule has 2 unspecified atom stereocenters. The Hall–Kier alpha value is -1.91. The van der Waals surface area contributed by atoms with Crippen LogP contribution in [0.2, 0.25) is 0 Å². The molecule has 20 heavy (non-hydrogen) atoms. The Balaban J connectivity index is 2.84. The summed E-state index contributed by atoms with van der Waals surface area (Å²) in [7, 11) is 0. The van der Waals surface area contributed by atoms with Crippen molar-refractivity contribution in [1.82, 2.24) is 4.98 Å². The number of rotatable bonds is 7. The summed E-state index contributed by atoms with van der Waals surface area (Å²) in [6, 6.07) is 3.38. The van der Waals surface area contributed by atoms with Crippen molar-refractivity contribution >= 4 is 11.9 Å². The smallest absolute Gasteiger partial charge is 0.352 e.